The Morgan fingerprint density at radius 1 is 1.56 bits per heavy atom. The van der Waals surface area contributed by atoms with Crippen LogP contribution in [-0.2, 0) is 11.3 Å². The zero-order valence-electron chi connectivity index (χ0n) is 10.7. The number of hydrogen-bond acceptors (Lipinski definition) is 3. The fourth-order valence-corrected chi connectivity index (χ4v) is 1.76. The van der Waals surface area contributed by atoms with Crippen molar-refractivity contribution < 1.29 is 4.79 Å². The molecule has 5 heteroatoms. The molecule has 0 aliphatic rings. The summed E-state index contributed by atoms with van der Waals surface area (Å²) >= 11 is 0. The number of H-pyrrole nitrogens is 1. The van der Waals surface area contributed by atoms with Gasteiger partial charge in [0.25, 0.3) is 0 Å². The van der Waals surface area contributed by atoms with Gasteiger partial charge in [-0.05, 0) is 31.5 Å². The quantitative estimate of drug-likeness (QED) is 0.740. The lowest BCUT2D eigenvalue weighted by molar-refractivity contribution is -0.125. The summed E-state index contributed by atoms with van der Waals surface area (Å²) in [5.41, 5.74) is 6.80. The summed E-state index contributed by atoms with van der Waals surface area (Å²) in [6, 6.07) is 3.93. The SMILES string of the molecule is CC(C)(CNCc1c[nH]c2ncccc12)C(N)=O. The van der Waals surface area contributed by atoms with E-state index in [1.807, 2.05) is 32.2 Å². The number of carbonyl (C=O) groups excluding carboxylic acids is 1. The molecule has 0 spiro atoms. The van der Waals surface area contributed by atoms with Crippen molar-refractivity contribution >= 4 is 16.9 Å². The third-order valence-electron chi connectivity index (χ3n) is 3.09. The minimum absolute atomic E-state index is 0.296. The highest BCUT2D eigenvalue weighted by Crippen LogP contribution is 2.16. The van der Waals surface area contributed by atoms with E-state index in [9.17, 15) is 4.79 Å². The van der Waals surface area contributed by atoms with Crippen LogP contribution in [-0.4, -0.2) is 22.4 Å². The summed E-state index contributed by atoms with van der Waals surface area (Å²) in [6.07, 6.45) is 3.69. The number of nitrogens with zero attached hydrogens (tertiary/aromatic N) is 1. The molecule has 18 heavy (non-hydrogen) atoms. The Balaban J connectivity index is 2.01. The molecule has 0 aliphatic carbocycles. The van der Waals surface area contributed by atoms with Crippen molar-refractivity contribution in [1.29, 1.82) is 0 Å². The standard InChI is InChI=1S/C13H18N4O/c1-13(2,12(14)18)8-15-6-9-7-17-11-10(9)4-3-5-16-11/h3-5,7,15H,6,8H2,1-2H3,(H2,14,18)(H,16,17). The first-order chi connectivity index (χ1) is 8.50. The fraction of sp³-hybridized carbons (Fsp3) is 0.385. The molecule has 0 fully saturated rings. The number of fused-ring (bicyclic) bond motifs is 1. The predicted octanol–water partition coefficient (Wildman–Crippen LogP) is 1.16. The molecule has 0 unspecified atom stereocenters. The number of pyridine rings is 1. The van der Waals surface area contributed by atoms with Crippen molar-refractivity contribution in [2.45, 2.75) is 20.4 Å². The largest absolute Gasteiger partial charge is 0.369 e. The summed E-state index contributed by atoms with van der Waals surface area (Å²) in [5, 5.41) is 4.35. The number of carbonyl (C=O) groups is 1. The first kappa shape index (κ1) is 12.6. The molecule has 0 radical (unpaired) electrons. The minimum Gasteiger partial charge on any atom is -0.369 e. The van der Waals surface area contributed by atoms with Crippen LogP contribution in [0.1, 0.15) is 19.4 Å². The number of primary amides is 1. The Bertz CT molecular complexity index is 559. The van der Waals surface area contributed by atoms with Crippen molar-refractivity contribution in [3.05, 3.63) is 30.1 Å². The van der Waals surface area contributed by atoms with Crippen molar-refractivity contribution in [2.24, 2.45) is 11.1 Å². The summed E-state index contributed by atoms with van der Waals surface area (Å²) in [5.74, 6) is -0.296. The lowest BCUT2D eigenvalue weighted by Crippen LogP contribution is -2.40. The lowest BCUT2D eigenvalue weighted by atomic mass is 9.93. The van der Waals surface area contributed by atoms with Crippen molar-refractivity contribution in [3.8, 4) is 0 Å². The van der Waals surface area contributed by atoms with Crippen LogP contribution < -0.4 is 11.1 Å². The van der Waals surface area contributed by atoms with Crippen LogP contribution in [0.4, 0.5) is 0 Å². The second-order valence-corrected chi connectivity index (χ2v) is 5.07. The average Bonchev–Trinajstić information content (AvgIpc) is 2.72. The highest BCUT2D eigenvalue weighted by molar-refractivity contribution is 5.80. The van der Waals surface area contributed by atoms with Gasteiger partial charge < -0.3 is 16.0 Å². The number of nitrogens with two attached hydrogens (primary N) is 1. The van der Waals surface area contributed by atoms with Gasteiger partial charge in [-0.1, -0.05) is 0 Å². The monoisotopic (exact) mass is 246 g/mol. The van der Waals surface area contributed by atoms with Crippen molar-refractivity contribution in [3.63, 3.8) is 0 Å². The van der Waals surface area contributed by atoms with E-state index in [4.69, 9.17) is 5.73 Å². The van der Waals surface area contributed by atoms with Crippen LogP contribution in [0.2, 0.25) is 0 Å². The molecule has 4 N–H and O–H groups in total. The number of nitrogens with one attached hydrogen (secondary N) is 2. The van der Waals surface area contributed by atoms with Crippen LogP contribution in [0.3, 0.4) is 0 Å². The number of hydrogen-bond donors (Lipinski definition) is 3. The van der Waals surface area contributed by atoms with Crippen molar-refractivity contribution in [2.75, 3.05) is 6.54 Å². The van der Waals surface area contributed by atoms with E-state index >= 15 is 0 Å². The van der Waals surface area contributed by atoms with Gasteiger partial charge in [0.05, 0.1) is 5.41 Å². The molecule has 2 heterocycles. The highest BCUT2D eigenvalue weighted by Gasteiger charge is 2.24. The van der Waals surface area contributed by atoms with Gasteiger partial charge >= 0.3 is 0 Å². The van der Waals surface area contributed by atoms with E-state index in [0.717, 1.165) is 16.6 Å². The topological polar surface area (TPSA) is 83.8 Å². The third kappa shape index (κ3) is 2.51. The molecular weight excluding hydrogens is 228 g/mol. The third-order valence-corrected chi connectivity index (χ3v) is 3.09. The first-order valence-corrected chi connectivity index (χ1v) is 5.92. The summed E-state index contributed by atoms with van der Waals surface area (Å²) < 4.78 is 0. The number of rotatable bonds is 5. The Hall–Kier alpha value is -1.88. The fourth-order valence-electron chi connectivity index (χ4n) is 1.76. The summed E-state index contributed by atoms with van der Waals surface area (Å²) in [7, 11) is 0. The number of aromatic amines is 1. The smallest absolute Gasteiger partial charge is 0.224 e. The van der Waals surface area contributed by atoms with Crippen LogP contribution in [0.15, 0.2) is 24.5 Å². The predicted molar refractivity (Wildman–Crippen MR) is 70.8 cm³/mol. The molecule has 2 rings (SSSR count). The normalized spacial score (nSPS) is 11.9. The Kier molecular flexibility index (Phi) is 3.34. The second kappa shape index (κ2) is 4.78. The maximum atomic E-state index is 11.2. The van der Waals surface area contributed by atoms with Gasteiger partial charge in [0.15, 0.2) is 0 Å². The molecule has 0 aromatic carbocycles. The molecule has 2 aromatic heterocycles. The minimum atomic E-state index is -0.537. The van der Waals surface area contributed by atoms with Gasteiger partial charge in [-0.3, -0.25) is 4.79 Å². The van der Waals surface area contributed by atoms with Gasteiger partial charge in [-0.2, -0.15) is 0 Å². The molecule has 0 aliphatic heterocycles. The van der Waals surface area contributed by atoms with E-state index < -0.39 is 5.41 Å². The maximum Gasteiger partial charge on any atom is 0.224 e. The average molecular weight is 246 g/mol. The Morgan fingerprint density at radius 3 is 3.06 bits per heavy atom. The number of aromatic nitrogens is 2. The Morgan fingerprint density at radius 2 is 2.33 bits per heavy atom. The highest BCUT2D eigenvalue weighted by atomic mass is 16.1. The van der Waals surface area contributed by atoms with Crippen LogP contribution in [0.5, 0.6) is 0 Å². The summed E-state index contributed by atoms with van der Waals surface area (Å²) in [6.45, 7) is 4.90. The van der Waals surface area contributed by atoms with E-state index in [1.54, 1.807) is 6.20 Å². The molecule has 2 aromatic rings. The van der Waals surface area contributed by atoms with E-state index in [1.165, 1.54) is 0 Å². The molecule has 96 valence electrons. The van der Waals surface area contributed by atoms with E-state index in [0.29, 0.717) is 13.1 Å². The van der Waals surface area contributed by atoms with Gasteiger partial charge in [0.2, 0.25) is 5.91 Å². The number of amides is 1. The maximum absolute atomic E-state index is 11.2. The Labute approximate surface area is 106 Å². The van der Waals surface area contributed by atoms with Crippen LogP contribution >= 0.6 is 0 Å². The lowest BCUT2D eigenvalue weighted by Gasteiger charge is -2.20. The molecular formula is C13H18N4O. The van der Waals surface area contributed by atoms with Crippen LogP contribution in [0, 0.1) is 5.41 Å². The molecule has 5 nitrogen and oxygen atoms in total. The molecule has 1 amide bonds. The van der Waals surface area contributed by atoms with Crippen molar-refractivity contribution in [1.82, 2.24) is 15.3 Å². The van der Waals surface area contributed by atoms with Gasteiger partial charge in [-0.25, -0.2) is 4.98 Å². The van der Waals surface area contributed by atoms with Crippen LogP contribution in [0.25, 0.3) is 11.0 Å². The zero-order valence-corrected chi connectivity index (χ0v) is 10.7. The van der Waals surface area contributed by atoms with E-state index in [2.05, 4.69) is 15.3 Å². The molecule has 0 saturated carbocycles. The van der Waals surface area contributed by atoms with Gasteiger partial charge in [-0.15, -0.1) is 0 Å². The molecule has 0 atom stereocenters. The van der Waals surface area contributed by atoms with Gasteiger partial charge in [0.1, 0.15) is 5.65 Å². The first-order valence-electron chi connectivity index (χ1n) is 5.92. The van der Waals surface area contributed by atoms with E-state index in [-0.39, 0.29) is 5.91 Å². The molecule has 0 bridgehead atoms. The zero-order chi connectivity index (χ0) is 13.2. The molecule has 0 saturated heterocycles. The summed E-state index contributed by atoms with van der Waals surface area (Å²) in [4.78, 5) is 18.5. The van der Waals surface area contributed by atoms with Gasteiger partial charge in [0, 0.05) is 30.9 Å². The second-order valence-electron chi connectivity index (χ2n) is 5.07.